The number of thiophene rings is 1. The van der Waals surface area contributed by atoms with Crippen LogP contribution in [-0.4, -0.2) is 20.7 Å². The zero-order chi connectivity index (χ0) is 16.2. The van der Waals surface area contributed by atoms with Gasteiger partial charge in [0, 0.05) is 31.9 Å². The standard InChI is InChI=1S/C16H15ClN4OS/c1-21-15(10-12(20-21)13-3-4-14(17)23-13)19-16(22)5-2-11-6-8-18-9-7-11/h3-4,6-10H,2,5H2,1H3,(H,19,22). The third-order valence-corrected chi connectivity index (χ3v) is 4.62. The predicted molar refractivity (Wildman–Crippen MR) is 92.7 cm³/mol. The average Bonchev–Trinajstić information content (AvgIpc) is 3.13. The summed E-state index contributed by atoms with van der Waals surface area (Å²) in [5.74, 6) is 0.629. The van der Waals surface area contributed by atoms with Crippen LogP contribution in [0.25, 0.3) is 10.6 Å². The molecule has 0 unspecified atom stereocenters. The van der Waals surface area contributed by atoms with E-state index in [1.54, 1.807) is 24.1 Å². The summed E-state index contributed by atoms with van der Waals surface area (Å²) in [5.41, 5.74) is 1.89. The minimum absolute atomic E-state index is 0.0411. The molecule has 5 nitrogen and oxygen atoms in total. The van der Waals surface area contributed by atoms with Crippen molar-refractivity contribution in [2.75, 3.05) is 5.32 Å². The van der Waals surface area contributed by atoms with Crippen molar-refractivity contribution in [1.29, 1.82) is 0 Å². The molecule has 3 rings (SSSR count). The van der Waals surface area contributed by atoms with Crippen molar-refractivity contribution in [1.82, 2.24) is 14.8 Å². The van der Waals surface area contributed by atoms with E-state index in [9.17, 15) is 4.79 Å². The van der Waals surface area contributed by atoms with E-state index in [0.29, 0.717) is 23.0 Å². The zero-order valence-corrected chi connectivity index (χ0v) is 14.1. The number of rotatable bonds is 5. The number of amides is 1. The van der Waals surface area contributed by atoms with E-state index >= 15 is 0 Å². The summed E-state index contributed by atoms with van der Waals surface area (Å²) in [6, 6.07) is 9.44. The predicted octanol–water partition coefficient (Wildman–Crippen LogP) is 3.77. The first kappa shape index (κ1) is 15.7. The summed E-state index contributed by atoms with van der Waals surface area (Å²) in [4.78, 5) is 17.0. The summed E-state index contributed by atoms with van der Waals surface area (Å²) < 4.78 is 2.38. The molecule has 3 aromatic heterocycles. The van der Waals surface area contributed by atoms with Crippen LogP contribution in [0.4, 0.5) is 5.82 Å². The smallest absolute Gasteiger partial charge is 0.225 e. The third-order valence-electron chi connectivity index (χ3n) is 3.36. The van der Waals surface area contributed by atoms with Crippen LogP contribution in [0.3, 0.4) is 0 Å². The van der Waals surface area contributed by atoms with Crippen LogP contribution in [0.2, 0.25) is 4.34 Å². The maximum absolute atomic E-state index is 12.1. The van der Waals surface area contributed by atoms with Gasteiger partial charge in [0.25, 0.3) is 0 Å². The molecule has 0 aromatic carbocycles. The van der Waals surface area contributed by atoms with Crippen molar-refractivity contribution in [2.45, 2.75) is 12.8 Å². The van der Waals surface area contributed by atoms with Crippen molar-refractivity contribution < 1.29 is 4.79 Å². The number of aromatic nitrogens is 3. The van der Waals surface area contributed by atoms with Gasteiger partial charge in [-0.2, -0.15) is 5.10 Å². The Hall–Kier alpha value is -2.18. The van der Waals surface area contributed by atoms with Gasteiger partial charge in [0.05, 0.1) is 9.21 Å². The highest BCUT2D eigenvalue weighted by Crippen LogP contribution is 2.31. The summed E-state index contributed by atoms with van der Waals surface area (Å²) >= 11 is 7.41. The molecule has 0 fully saturated rings. The minimum Gasteiger partial charge on any atom is -0.311 e. The zero-order valence-electron chi connectivity index (χ0n) is 12.5. The Morgan fingerprint density at radius 3 is 2.78 bits per heavy atom. The monoisotopic (exact) mass is 346 g/mol. The number of hydrogen-bond donors (Lipinski definition) is 1. The van der Waals surface area contributed by atoms with Crippen LogP contribution < -0.4 is 5.32 Å². The van der Waals surface area contributed by atoms with Crippen LogP contribution >= 0.6 is 22.9 Å². The van der Waals surface area contributed by atoms with Crippen molar-refractivity contribution in [2.24, 2.45) is 7.05 Å². The number of halogens is 1. The lowest BCUT2D eigenvalue weighted by atomic mass is 10.1. The third kappa shape index (κ3) is 3.97. The molecule has 0 bridgehead atoms. The maximum atomic E-state index is 12.1. The number of carbonyl (C=O) groups is 1. The van der Waals surface area contributed by atoms with Gasteiger partial charge in [0.1, 0.15) is 11.5 Å². The largest absolute Gasteiger partial charge is 0.311 e. The van der Waals surface area contributed by atoms with Crippen molar-refractivity contribution in [3.8, 4) is 10.6 Å². The molecule has 0 aliphatic heterocycles. The lowest BCUT2D eigenvalue weighted by molar-refractivity contribution is -0.116. The molecule has 7 heteroatoms. The number of aryl methyl sites for hydroxylation is 2. The number of nitrogens with one attached hydrogen (secondary N) is 1. The average molecular weight is 347 g/mol. The molecule has 0 atom stereocenters. The first-order valence-corrected chi connectivity index (χ1v) is 8.30. The van der Waals surface area contributed by atoms with Gasteiger partial charge < -0.3 is 5.32 Å². The summed E-state index contributed by atoms with van der Waals surface area (Å²) in [6.07, 6.45) is 4.55. The molecule has 23 heavy (non-hydrogen) atoms. The Balaban J connectivity index is 1.63. The quantitative estimate of drug-likeness (QED) is 0.765. The molecule has 0 aliphatic rings. The maximum Gasteiger partial charge on any atom is 0.225 e. The Labute approximate surface area is 142 Å². The number of pyridine rings is 1. The topological polar surface area (TPSA) is 59.8 Å². The molecular formula is C16H15ClN4OS. The number of hydrogen-bond acceptors (Lipinski definition) is 4. The minimum atomic E-state index is -0.0411. The van der Waals surface area contributed by atoms with Crippen molar-refractivity contribution >= 4 is 34.7 Å². The van der Waals surface area contributed by atoms with Crippen LogP contribution in [0.15, 0.2) is 42.7 Å². The van der Waals surface area contributed by atoms with Crippen molar-refractivity contribution in [3.63, 3.8) is 0 Å². The highest BCUT2D eigenvalue weighted by molar-refractivity contribution is 7.19. The van der Waals surface area contributed by atoms with Crippen LogP contribution in [0.5, 0.6) is 0 Å². The van der Waals surface area contributed by atoms with E-state index in [1.807, 2.05) is 30.3 Å². The Kier molecular flexibility index (Phi) is 4.73. The second-order valence-electron chi connectivity index (χ2n) is 5.05. The van der Waals surface area contributed by atoms with Gasteiger partial charge in [-0.05, 0) is 36.2 Å². The second-order valence-corrected chi connectivity index (χ2v) is 6.76. The van der Waals surface area contributed by atoms with E-state index in [-0.39, 0.29) is 5.91 Å². The van der Waals surface area contributed by atoms with Crippen molar-refractivity contribution in [3.05, 3.63) is 52.6 Å². The lowest BCUT2D eigenvalue weighted by Gasteiger charge is -2.04. The highest BCUT2D eigenvalue weighted by atomic mass is 35.5. The number of nitrogens with zero attached hydrogens (tertiary/aromatic N) is 3. The Morgan fingerprint density at radius 1 is 1.30 bits per heavy atom. The van der Waals surface area contributed by atoms with E-state index in [0.717, 1.165) is 16.1 Å². The molecule has 118 valence electrons. The highest BCUT2D eigenvalue weighted by Gasteiger charge is 2.11. The van der Waals surface area contributed by atoms with Gasteiger partial charge in [-0.1, -0.05) is 11.6 Å². The first-order chi connectivity index (χ1) is 11.1. The number of carbonyl (C=O) groups excluding carboxylic acids is 1. The summed E-state index contributed by atoms with van der Waals surface area (Å²) in [5, 5.41) is 7.31. The van der Waals surface area contributed by atoms with Gasteiger partial charge in [-0.3, -0.25) is 14.5 Å². The van der Waals surface area contributed by atoms with Gasteiger partial charge in [-0.15, -0.1) is 11.3 Å². The van der Waals surface area contributed by atoms with Crippen LogP contribution in [-0.2, 0) is 18.3 Å². The van der Waals surface area contributed by atoms with E-state index in [4.69, 9.17) is 11.6 Å². The fourth-order valence-electron chi connectivity index (χ4n) is 2.17. The SMILES string of the molecule is Cn1nc(-c2ccc(Cl)s2)cc1NC(=O)CCc1ccncc1. The molecule has 1 amide bonds. The fourth-order valence-corrected chi connectivity index (χ4v) is 3.17. The molecule has 1 N–H and O–H groups in total. The van der Waals surface area contributed by atoms with Gasteiger partial charge >= 0.3 is 0 Å². The molecule has 3 heterocycles. The van der Waals surface area contributed by atoms with Crippen LogP contribution in [0, 0.1) is 0 Å². The summed E-state index contributed by atoms with van der Waals surface area (Å²) in [7, 11) is 1.80. The molecule has 0 aliphatic carbocycles. The molecule has 3 aromatic rings. The Morgan fingerprint density at radius 2 is 2.09 bits per heavy atom. The van der Waals surface area contributed by atoms with Gasteiger partial charge in [0.2, 0.25) is 5.91 Å². The molecule has 0 radical (unpaired) electrons. The second kappa shape index (κ2) is 6.93. The van der Waals surface area contributed by atoms with E-state index in [2.05, 4.69) is 15.4 Å². The normalized spacial score (nSPS) is 10.7. The van der Waals surface area contributed by atoms with Crippen LogP contribution in [0.1, 0.15) is 12.0 Å². The van der Waals surface area contributed by atoms with Gasteiger partial charge in [-0.25, -0.2) is 0 Å². The fraction of sp³-hybridized carbons (Fsp3) is 0.188. The number of anilines is 1. The molecular weight excluding hydrogens is 332 g/mol. The summed E-state index contributed by atoms with van der Waals surface area (Å²) in [6.45, 7) is 0. The van der Waals surface area contributed by atoms with Gasteiger partial charge in [0.15, 0.2) is 0 Å². The first-order valence-electron chi connectivity index (χ1n) is 7.10. The van der Waals surface area contributed by atoms with E-state index < -0.39 is 0 Å². The molecule has 0 saturated heterocycles. The van der Waals surface area contributed by atoms with E-state index in [1.165, 1.54) is 11.3 Å². The molecule has 0 saturated carbocycles. The lowest BCUT2D eigenvalue weighted by Crippen LogP contribution is -2.14. The molecule has 0 spiro atoms. The Bertz CT molecular complexity index is 813.